The number of ether oxygens (including phenoxy) is 1. The van der Waals surface area contributed by atoms with E-state index in [2.05, 4.69) is 12.8 Å². The fourth-order valence-electron chi connectivity index (χ4n) is 2.06. The van der Waals surface area contributed by atoms with Gasteiger partial charge in [-0.3, -0.25) is 5.92 Å². The molecule has 2 heteroatoms. The molecule has 1 aromatic rings. The van der Waals surface area contributed by atoms with Gasteiger partial charge in [0.1, 0.15) is 5.75 Å². The van der Waals surface area contributed by atoms with E-state index >= 15 is 0 Å². The molecule has 0 amide bonds. The second-order valence-corrected chi connectivity index (χ2v) is 4.97. The molecule has 0 radical (unpaired) electrons. The molecule has 0 heterocycles. The molecule has 0 fully saturated rings. The normalized spacial score (nSPS) is 9.60. The van der Waals surface area contributed by atoms with Crippen molar-refractivity contribution in [2.45, 2.75) is 58.3 Å². The Morgan fingerprint density at radius 3 is 2.00 bits per heavy atom. The number of benzene rings is 1. The predicted molar refractivity (Wildman–Crippen MR) is 80.8 cm³/mol. The molecule has 0 atom stereocenters. The minimum absolute atomic E-state index is 0. The van der Waals surface area contributed by atoms with Crippen molar-refractivity contribution >= 4 is 0 Å². The number of unbranched alkanes of at least 4 members (excludes halogenated alkanes) is 7. The van der Waals surface area contributed by atoms with Crippen LogP contribution in [0.1, 0.15) is 63.9 Å². The van der Waals surface area contributed by atoms with E-state index in [4.69, 9.17) is 11.2 Å². The SMILES string of the molecule is [C-]#Cc1ccc(OCCCCCCCCCC)cc1.[Li+]. The van der Waals surface area contributed by atoms with Crippen molar-refractivity contribution < 1.29 is 23.6 Å². The molecular weight excluding hydrogens is 239 g/mol. The van der Waals surface area contributed by atoms with E-state index in [0.717, 1.165) is 24.3 Å². The molecule has 0 bridgehead atoms. The van der Waals surface area contributed by atoms with Crippen LogP contribution in [0.2, 0.25) is 0 Å². The smallest absolute Gasteiger partial charge is 0.494 e. The van der Waals surface area contributed by atoms with Crippen LogP contribution in [0, 0.1) is 12.3 Å². The third-order valence-electron chi connectivity index (χ3n) is 3.27. The third kappa shape index (κ3) is 9.14. The van der Waals surface area contributed by atoms with Gasteiger partial charge in [-0.15, -0.1) is 17.7 Å². The van der Waals surface area contributed by atoms with Crippen molar-refractivity contribution in [1.29, 1.82) is 0 Å². The van der Waals surface area contributed by atoms with Crippen LogP contribution in [0.5, 0.6) is 5.75 Å². The minimum Gasteiger partial charge on any atom is -0.494 e. The van der Waals surface area contributed by atoms with Gasteiger partial charge in [0.25, 0.3) is 0 Å². The zero-order valence-electron chi connectivity index (χ0n) is 13.1. The van der Waals surface area contributed by atoms with E-state index < -0.39 is 0 Å². The van der Waals surface area contributed by atoms with Crippen LogP contribution in [0.4, 0.5) is 0 Å². The second kappa shape index (κ2) is 13.2. The van der Waals surface area contributed by atoms with Gasteiger partial charge in [0.2, 0.25) is 0 Å². The average molecular weight is 264 g/mol. The third-order valence-corrected chi connectivity index (χ3v) is 3.27. The standard InChI is InChI=1S/C18H25O.Li/c1-3-5-6-7-8-9-10-11-16-19-18-14-12-17(4-2)13-15-18;/h12-15H,3,5-11,16H2,1H3;/q-1;+1. The minimum atomic E-state index is 0. The van der Waals surface area contributed by atoms with Crippen LogP contribution in [-0.4, -0.2) is 6.61 Å². The van der Waals surface area contributed by atoms with Crippen molar-refractivity contribution in [3.05, 3.63) is 36.3 Å². The van der Waals surface area contributed by atoms with Gasteiger partial charge in [-0.2, -0.15) is 0 Å². The van der Waals surface area contributed by atoms with Crippen LogP contribution < -0.4 is 23.6 Å². The summed E-state index contributed by atoms with van der Waals surface area (Å²) in [7, 11) is 0. The topological polar surface area (TPSA) is 9.23 Å². The summed E-state index contributed by atoms with van der Waals surface area (Å²) in [5, 5.41) is 0. The molecule has 104 valence electrons. The van der Waals surface area contributed by atoms with E-state index in [9.17, 15) is 0 Å². The molecule has 0 saturated heterocycles. The van der Waals surface area contributed by atoms with E-state index in [-0.39, 0.29) is 18.9 Å². The quantitative estimate of drug-likeness (QED) is 0.272. The fourth-order valence-corrected chi connectivity index (χ4v) is 2.06. The van der Waals surface area contributed by atoms with Gasteiger partial charge in [0.05, 0.1) is 6.61 Å². The molecule has 1 aromatic carbocycles. The van der Waals surface area contributed by atoms with Crippen molar-refractivity contribution in [3.8, 4) is 11.7 Å². The Hall–Kier alpha value is -0.823. The van der Waals surface area contributed by atoms with E-state index in [0.29, 0.717) is 0 Å². The van der Waals surface area contributed by atoms with Gasteiger partial charge in [-0.1, -0.05) is 51.9 Å². The second-order valence-electron chi connectivity index (χ2n) is 4.97. The van der Waals surface area contributed by atoms with Gasteiger partial charge in [-0.25, -0.2) is 0 Å². The van der Waals surface area contributed by atoms with Crippen LogP contribution in [-0.2, 0) is 0 Å². The zero-order chi connectivity index (χ0) is 13.8. The first-order valence-electron chi connectivity index (χ1n) is 7.52. The van der Waals surface area contributed by atoms with Crippen molar-refractivity contribution in [1.82, 2.24) is 0 Å². The molecule has 0 spiro atoms. The van der Waals surface area contributed by atoms with Crippen LogP contribution >= 0.6 is 0 Å². The van der Waals surface area contributed by atoms with Gasteiger partial charge in [-0.05, 0) is 18.6 Å². The largest absolute Gasteiger partial charge is 1.00 e. The zero-order valence-corrected chi connectivity index (χ0v) is 13.1. The first-order chi connectivity index (χ1) is 9.36. The molecule has 0 saturated carbocycles. The monoisotopic (exact) mass is 264 g/mol. The van der Waals surface area contributed by atoms with Gasteiger partial charge in [0.15, 0.2) is 0 Å². The molecule has 0 aliphatic carbocycles. The molecule has 1 rings (SSSR count). The summed E-state index contributed by atoms with van der Waals surface area (Å²) in [6, 6.07) is 7.52. The molecule has 0 unspecified atom stereocenters. The first-order valence-corrected chi connectivity index (χ1v) is 7.52. The number of hydrogen-bond acceptors (Lipinski definition) is 1. The molecule has 0 N–H and O–H groups in total. The summed E-state index contributed by atoms with van der Waals surface area (Å²) in [4.78, 5) is 0. The van der Waals surface area contributed by atoms with Crippen LogP contribution in [0.15, 0.2) is 24.3 Å². The first kappa shape index (κ1) is 19.2. The summed E-state index contributed by atoms with van der Waals surface area (Å²) in [6.07, 6.45) is 17.6. The Bertz CT molecular complexity index is 364. The van der Waals surface area contributed by atoms with E-state index in [1.54, 1.807) is 0 Å². The van der Waals surface area contributed by atoms with Gasteiger partial charge < -0.3 is 11.2 Å². The Morgan fingerprint density at radius 1 is 0.900 bits per heavy atom. The fraction of sp³-hybridized carbons (Fsp3) is 0.556. The summed E-state index contributed by atoms with van der Waals surface area (Å²) < 4.78 is 5.66. The maximum absolute atomic E-state index is 7.00. The van der Waals surface area contributed by atoms with E-state index in [1.165, 1.54) is 44.9 Å². The van der Waals surface area contributed by atoms with Crippen molar-refractivity contribution in [2.24, 2.45) is 0 Å². The summed E-state index contributed by atoms with van der Waals surface area (Å²) in [6.45, 7) is 3.05. The summed E-state index contributed by atoms with van der Waals surface area (Å²) in [5.41, 5.74) is 0.791. The van der Waals surface area contributed by atoms with Gasteiger partial charge >= 0.3 is 18.9 Å². The maximum atomic E-state index is 7.00. The molecule has 20 heavy (non-hydrogen) atoms. The molecule has 0 aromatic heterocycles. The Labute approximate surface area is 136 Å². The molecule has 0 aliphatic rings. The Kier molecular flexibility index (Phi) is 12.6. The predicted octanol–water partition coefficient (Wildman–Crippen LogP) is 2.15. The summed E-state index contributed by atoms with van der Waals surface area (Å²) in [5.74, 6) is 3.24. The van der Waals surface area contributed by atoms with Crippen molar-refractivity contribution in [2.75, 3.05) is 6.61 Å². The Morgan fingerprint density at radius 2 is 1.45 bits per heavy atom. The van der Waals surface area contributed by atoms with Crippen LogP contribution in [0.25, 0.3) is 0 Å². The molecule has 0 aliphatic heterocycles. The van der Waals surface area contributed by atoms with Crippen LogP contribution in [0.3, 0.4) is 0 Å². The number of hydrogen-bond donors (Lipinski definition) is 0. The average Bonchev–Trinajstić information content (AvgIpc) is 2.46. The Balaban J connectivity index is 0.00000361. The number of rotatable bonds is 10. The van der Waals surface area contributed by atoms with Gasteiger partial charge in [0, 0.05) is 0 Å². The van der Waals surface area contributed by atoms with Crippen molar-refractivity contribution in [3.63, 3.8) is 0 Å². The van der Waals surface area contributed by atoms with E-state index in [1.807, 2.05) is 24.3 Å². The maximum Gasteiger partial charge on any atom is 1.00 e. The molecule has 1 nitrogen and oxygen atoms in total. The summed E-state index contributed by atoms with van der Waals surface area (Å²) >= 11 is 0. The molecular formula is C18H25LiO.